The van der Waals surface area contributed by atoms with Crippen LogP contribution in [0.3, 0.4) is 0 Å². The Morgan fingerprint density at radius 3 is 2.69 bits per heavy atom. The molecule has 0 amide bonds. The molecule has 1 aromatic rings. The molecule has 0 saturated carbocycles. The number of hydrogen-bond donors (Lipinski definition) is 1. The van der Waals surface area contributed by atoms with Crippen LogP contribution in [0.2, 0.25) is 0 Å². The molecule has 0 fully saturated rings. The van der Waals surface area contributed by atoms with Crippen LogP contribution in [0.1, 0.15) is 12.8 Å². The fourth-order valence-electron chi connectivity index (χ4n) is 1.30. The Balaban J connectivity index is 2.47. The molecule has 1 N–H and O–H groups in total. The maximum absolute atomic E-state index is 13.4. The van der Waals surface area contributed by atoms with E-state index in [9.17, 15) is 8.78 Å². The van der Waals surface area contributed by atoms with Gasteiger partial charge in [0.1, 0.15) is 11.6 Å². The Bertz CT molecular complexity index is 324. The van der Waals surface area contributed by atoms with Gasteiger partial charge in [0, 0.05) is 17.1 Å². The van der Waals surface area contributed by atoms with Gasteiger partial charge in [0.15, 0.2) is 0 Å². The molecule has 0 aliphatic carbocycles. The number of benzene rings is 1. The average Bonchev–Trinajstić information content (AvgIpc) is 2.20. The van der Waals surface area contributed by atoms with Crippen LogP contribution >= 0.6 is 27.7 Å². The summed E-state index contributed by atoms with van der Waals surface area (Å²) in [7, 11) is 0. The van der Waals surface area contributed by atoms with Gasteiger partial charge in [-0.2, -0.15) is 11.8 Å². The number of thioether (sulfide) groups is 1. The predicted octanol–water partition coefficient (Wildman–Crippen LogP) is 4.28. The summed E-state index contributed by atoms with van der Waals surface area (Å²) in [4.78, 5) is 0. The van der Waals surface area contributed by atoms with Crippen molar-refractivity contribution in [2.24, 2.45) is 0 Å². The van der Waals surface area contributed by atoms with Crippen LogP contribution < -0.4 is 5.32 Å². The summed E-state index contributed by atoms with van der Waals surface area (Å²) in [6.07, 6.45) is 4.13. The summed E-state index contributed by atoms with van der Waals surface area (Å²) in [6.45, 7) is 0.696. The van der Waals surface area contributed by atoms with E-state index in [0.29, 0.717) is 16.7 Å². The van der Waals surface area contributed by atoms with Crippen molar-refractivity contribution in [2.45, 2.75) is 12.8 Å². The second-order valence-electron chi connectivity index (χ2n) is 3.37. The van der Waals surface area contributed by atoms with Crippen molar-refractivity contribution in [1.82, 2.24) is 0 Å². The molecule has 5 heteroatoms. The maximum Gasteiger partial charge on any atom is 0.150 e. The van der Waals surface area contributed by atoms with Gasteiger partial charge in [-0.05, 0) is 46.8 Å². The molecular weight excluding hydrogens is 296 g/mol. The van der Waals surface area contributed by atoms with Crippen LogP contribution in [0, 0.1) is 11.6 Å². The topological polar surface area (TPSA) is 12.0 Å². The maximum atomic E-state index is 13.4. The molecule has 0 saturated heterocycles. The smallest absolute Gasteiger partial charge is 0.150 e. The highest BCUT2D eigenvalue weighted by Crippen LogP contribution is 2.26. The highest BCUT2D eigenvalue weighted by atomic mass is 79.9. The molecule has 90 valence electrons. The van der Waals surface area contributed by atoms with Crippen LogP contribution in [0.25, 0.3) is 0 Å². The van der Waals surface area contributed by atoms with Gasteiger partial charge in [-0.3, -0.25) is 0 Å². The molecule has 16 heavy (non-hydrogen) atoms. The van der Waals surface area contributed by atoms with Crippen molar-refractivity contribution in [2.75, 3.05) is 23.9 Å². The Morgan fingerprint density at radius 2 is 2.06 bits per heavy atom. The Hall–Kier alpha value is -0.290. The van der Waals surface area contributed by atoms with Crippen LogP contribution in [-0.4, -0.2) is 18.6 Å². The SMILES string of the molecule is CSCCCCNc1c(F)cc(F)cc1Br. The van der Waals surface area contributed by atoms with E-state index in [-0.39, 0.29) is 0 Å². The first kappa shape index (κ1) is 13.8. The Labute approximate surface area is 107 Å². The van der Waals surface area contributed by atoms with Gasteiger partial charge in [0.05, 0.1) is 5.69 Å². The molecule has 0 spiro atoms. The summed E-state index contributed by atoms with van der Waals surface area (Å²) in [5.74, 6) is -0.0246. The lowest BCUT2D eigenvalue weighted by Crippen LogP contribution is -2.05. The molecule has 0 aromatic heterocycles. The quantitative estimate of drug-likeness (QED) is 0.787. The van der Waals surface area contributed by atoms with E-state index in [4.69, 9.17) is 0 Å². The monoisotopic (exact) mass is 309 g/mol. The lowest BCUT2D eigenvalue weighted by Gasteiger charge is -2.09. The van der Waals surface area contributed by atoms with E-state index >= 15 is 0 Å². The summed E-state index contributed by atoms with van der Waals surface area (Å²) < 4.78 is 26.6. The fourth-order valence-corrected chi connectivity index (χ4v) is 2.34. The molecule has 0 aliphatic rings. The molecule has 0 heterocycles. The van der Waals surface area contributed by atoms with Gasteiger partial charge in [0.2, 0.25) is 0 Å². The summed E-state index contributed by atoms with van der Waals surface area (Å²) in [5.41, 5.74) is 0.338. The molecule has 0 unspecified atom stereocenters. The normalized spacial score (nSPS) is 10.5. The minimum absolute atomic E-state index is 0.338. The van der Waals surface area contributed by atoms with Gasteiger partial charge in [-0.15, -0.1) is 0 Å². The Morgan fingerprint density at radius 1 is 1.31 bits per heavy atom. The van der Waals surface area contributed by atoms with E-state index in [1.807, 2.05) is 0 Å². The number of rotatable bonds is 6. The second kappa shape index (κ2) is 7.12. The lowest BCUT2D eigenvalue weighted by atomic mass is 10.2. The van der Waals surface area contributed by atoms with Gasteiger partial charge in [-0.1, -0.05) is 0 Å². The summed E-state index contributed by atoms with van der Waals surface area (Å²) in [6, 6.07) is 2.14. The highest BCUT2D eigenvalue weighted by molar-refractivity contribution is 9.10. The average molecular weight is 310 g/mol. The van der Waals surface area contributed by atoms with Crippen LogP contribution in [0.15, 0.2) is 16.6 Å². The van der Waals surface area contributed by atoms with Gasteiger partial charge in [-0.25, -0.2) is 8.78 Å². The van der Waals surface area contributed by atoms with E-state index in [1.54, 1.807) is 11.8 Å². The second-order valence-corrected chi connectivity index (χ2v) is 5.21. The first-order valence-corrected chi connectivity index (χ1v) is 7.21. The fraction of sp³-hybridized carbons (Fsp3) is 0.455. The van der Waals surface area contributed by atoms with E-state index < -0.39 is 11.6 Å². The van der Waals surface area contributed by atoms with Gasteiger partial charge < -0.3 is 5.32 Å². The van der Waals surface area contributed by atoms with Crippen molar-refractivity contribution in [1.29, 1.82) is 0 Å². The van der Waals surface area contributed by atoms with E-state index in [2.05, 4.69) is 27.5 Å². The van der Waals surface area contributed by atoms with E-state index in [1.165, 1.54) is 6.07 Å². The molecule has 0 radical (unpaired) electrons. The van der Waals surface area contributed by atoms with Crippen LogP contribution in [-0.2, 0) is 0 Å². The number of hydrogen-bond acceptors (Lipinski definition) is 2. The van der Waals surface area contributed by atoms with Crippen molar-refractivity contribution in [3.63, 3.8) is 0 Å². The number of nitrogens with one attached hydrogen (secondary N) is 1. The highest BCUT2D eigenvalue weighted by Gasteiger charge is 2.08. The zero-order valence-corrected chi connectivity index (χ0v) is 11.4. The van der Waals surface area contributed by atoms with Crippen molar-refractivity contribution in [3.05, 3.63) is 28.2 Å². The molecule has 1 nitrogen and oxygen atoms in total. The van der Waals surface area contributed by atoms with Crippen molar-refractivity contribution in [3.8, 4) is 0 Å². The van der Waals surface area contributed by atoms with Crippen LogP contribution in [0.4, 0.5) is 14.5 Å². The van der Waals surface area contributed by atoms with E-state index in [0.717, 1.165) is 24.7 Å². The molecular formula is C11H14BrF2NS. The first-order chi connectivity index (χ1) is 7.65. The third-order valence-corrected chi connectivity index (χ3v) is 3.41. The first-order valence-electron chi connectivity index (χ1n) is 5.02. The molecule has 1 aromatic carbocycles. The number of halogens is 3. The van der Waals surface area contributed by atoms with Crippen LogP contribution in [0.5, 0.6) is 0 Å². The minimum Gasteiger partial charge on any atom is -0.382 e. The zero-order valence-electron chi connectivity index (χ0n) is 9.03. The predicted molar refractivity (Wildman–Crippen MR) is 70.2 cm³/mol. The summed E-state index contributed by atoms with van der Waals surface area (Å²) >= 11 is 4.93. The molecule has 0 aliphatic heterocycles. The minimum atomic E-state index is -0.572. The molecule has 1 rings (SSSR count). The molecule has 0 atom stereocenters. The van der Waals surface area contributed by atoms with Gasteiger partial charge in [0.25, 0.3) is 0 Å². The number of unbranched alkanes of at least 4 members (excludes halogenated alkanes) is 1. The summed E-state index contributed by atoms with van der Waals surface area (Å²) in [5, 5.41) is 2.97. The zero-order chi connectivity index (χ0) is 12.0. The Kier molecular flexibility index (Phi) is 6.13. The largest absolute Gasteiger partial charge is 0.382 e. The van der Waals surface area contributed by atoms with Gasteiger partial charge >= 0.3 is 0 Å². The lowest BCUT2D eigenvalue weighted by molar-refractivity contribution is 0.583. The van der Waals surface area contributed by atoms with Crippen molar-refractivity contribution < 1.29 is 8.78 Å². The third-order valence-electron chi connectivity index (χ3n) is 2.08. The number of anilines is 1. The third kappa shape index (κ3) is 4.29. The van der Waals surface area contributed by atoms with Crippen molar-refractivity contribution >= 4 is 33.4 Å². The molecule has 0 bridgehead atoms. The standard InChI is InChI=1S/C11H14BrF2NS/c1-16-5-3-2-4-15-11-9(12)6-8(13)7-10(11)14/h6-7,15H,2-5H2,1H3.